The summed E-state index contributed by atoms with van der Waals surface area (Å²) in [6, 6.07) is 12.0. The molecule has 1 N–H and O–H groups in total. The second-order valence-corrected chi connectivity index (χ2v) is 9.01. The summed E-state index contributed by atoms with van der Waals surface area (Å²) in [6.07, 6.45) is 1.04. The first-order chi connectivity index (χ1) is 10.6. The molecule has 0 saturated heterocycles. The van der Waals surface area contributed by atoms with E-state index >= 15 is 0 Å². The van der Waals surface area contributed by atoms with Crippen LogP contribution in [0.4, 0.5) is 11.4 Å². The van der Waals surface area contributed by atoms with E-state index in [2.05, 4.69) is 4.72 Å². The first kappa shape index (κ1) is 17.6. The minimum absolute atomic E-state index is 0.0748. The van der Waals surface area contributed by atoms with E-state index in [9.17, 15) is 16.8 Å². The van der Waals surface area contributed by atoms with Gasteiger partial charge in [0, 0.05) is 17.8 Å². The number of benzene rings is 2. The van der Waals surface area contributed by atoms with E-state index in [0.717, 1.165) is 10.6 Å². The predicted molar refractivity (Wildman–Crippen MR) is 91.9 cm³/mol. The van der Waals surface area contributed by atoms with Crippen LogP contribution in [0.2, 0.25) is 5.02 Å². The normalized spacial score (nSPS) is 12.0. The Morgan fingerprint density at radius 2 is 1.61 bits per heavy atom. The van der Waals surface area contributed by atoms with Crippen LogP contribution in [-0.2, 0) is 20.0 Å². The lowest BCUT2D eigenvalue weighted by atomic mass is 10.3. The van der Waals surface area contributed by atoms with Gasteiger partial charge in [0.2, 0.25) is 10.0 Å². The molecule has 2 aromatic carbocycles. The molecule has 2 aromatic rings. The van der Waals surface area contributed by atoms with E-state index in [1.165, 1.54) is 43.4 Å². The maximum absolute atomic E-state index is 12.6. The van der Waals surface area contributed by atoms with Gasteiger partial charge in [0.25, 0.3) is 10.0 Å². The highest BCUT2D eigenvalue weighted by atomic mass is 35.5. The Hall–Kier alpha value is -1.77. The minimum Gasteiger partial charge on any atom is -0.284 e. The largest absolute Gasteiger partial charge is 0.284 e. The Bertz CT molecular complexity index is 910. The fraction of sp³-hybridized carbons (Fsp3) is 0.143. The van der Waals surface area contributed by atoms with Gasteiger partial charge in [-0.3, -0.25) is 9.03 Å². The van der Waals surface area contributed by atoms with E-state index in [-0.39, 0.29) is 4.90 Å². The first-order valence-corrected chi connectivity index (χ1v) is 10.1. The van der Waals surface area contributed by atoms with Crippen molar-refractivity contribution in [1.29, 1.82) is 0 Å². The Kier molecular flexibility index (Phi) is 4.88. The molecule has 23 heavy (non-hydrogen) atoms. The number of rotatable bonds is 5. The highest BCUT2D eigenvalue weighted by Crippen LogP contribution is 2.25. The fourth-order valence-corrected chi connectivity index (χ4v) is 3.94. The number of nitrogens with zero attached hydrogens (tertiary/aromatic N) is 1. The smallest absolute Gasteiger partial charge is 0.264 e. The third-order valence-corrected chi connectivity index (χ3v) is 5.61. The van der Waals surface area contributed by atoms with Gasteiger partial charge in [-0.2, -0.15) is 0 Å². The fourth-order valence-electron chi connectivity index (χ4n) is 1.88. The summed E-state index contributed by atoms with van der Waals surface area (Å²) in [4.78, 5) is 0.0748. The maximum atomic E-state index is 12.6. The molecule has 0 aliphatic carbocycles. The molecule has 0 aliphatic heterocycles. The van der Waals surface area contributed by atoms with Gasteiger partial charge < -0.3 is 0 Å². The maximum Gasteiger partial charge on any atom is 0.264 e. The van der Waals surface area contributed by atoms with Gasteiger partial charge >= 0.3 is 0 Å². The van der Waals surface area contributed by atoms with Crippen LogP contribution in [-0.4, -0.2) is 30.1 Å². The van der Waals surface area contributed by atoms with Gasteiger partial charge in [0.15, 0.2) is 0 Å². The van der Waals surface area contributed by atoms with E-state index in [4.69, 9.17) is 11.6 Å². The van der Waals surface area contributed by atoms with Crippen LogP contribution in [0.5, 0.6) is 0 Å². The average molecular weight is 375 g/mol. The van der Waals surface area contributed by atoms with Crippen molar-refractivity contribution in [2.24, 2.45) is 0 Å². The van der Waals surface area contributed by atoms with E-state index in [1.807, 2.05) is 0 Å². The number of halogens is 1. The van der Waals surface area contributed by atoms with Crippen molar-refractivity contribution in [3.05, 3.63) is 53.6 Å². The Morgan fingerprint density at radius 3 is 2.13 bits per heavy atom. The zero-order chi connectivity index (χ0) is 17.3. The van der Waals surface area contributed by atoms with Crippen LogP contribution in [0.1, 0.15) is 0 Å². The van der Waals surface area contributed by atoms with Gasteiger partial charge in [0.1, 0.15) is 0 Å². The number of sulfonamides is 2. The lowest BCUT2D eigenvalue weighted by Gasteiger charge is -2.20. The van der Waals surface area contributed by atoms with Gasteiger partial charge in [-0.25, -0.2) is 16.8 Å². The highest BCUT2D eigenvalue weighted by molar-refractivity contribution is 7.92. The summed E-state index contributed by atoms with van der Waals surface area (Å²) in [5.41, 5.74) is 0.744. The minimum atomic E-state index is -3.75. The molecular formula is C14H15ClN2O4S2. The van der Waals surface area contributed by atoms with Crippen molar-refractivity contribution < 1.29 is 16.8 Å². The van der Waals surface area contributed by atoms with Crippen LogP contribution >= 0.6 is 11.6 Å². The van der Waals surface area contributed by atoms with Crippen LogP contribution in [0.25, 0.3) is 0 Å². The Morgan fingerprint density at radius 1 is 1.00 bits per heavy atom. The second kappa shape index (κ2) is 6.38. The summed E-state index contributed by atoms with van der Waals surface area (Å²) >= 11 is 5.84. The third-order valence-electron chi connectivity index (χ3n) is 2.99. The molecule has 0 radical (unpaired) electrons. The number of anilines is 2. The number of hydrogen-bond acceptors (Lipinski definition) is 4. The summed E-state index contributed by atoms with van der Waals surface area (Å²) < 4.78 is 50.9. The van der Waals surface area contributed by atoms with E-state index < -0.39 is 20.0 Å². The summed E-state index contributed by atoms with van der Waals surface area (Å²) in [5, 5.41) is 0.326. The van der Waals surface area contributed by atoms with Crippen LogP contribution in [0.3, 0.4) is 0 Å². The van der Waals surface area contributed by atoms with Crippen molar-refractivity contribution in [1.82, 2.24) is 0 Å². The lowest BCUT2D eigenvalue weighted by Crippen LogP contribution is -2.26. The van der Waals surface area contributed by atoms with E-state index in [0.29, 0.717) is 16.4 Å². The molecule has 0 spiro atoms. The van der Waals surface area contributed by atoms with Crippen molar-refractivity contribution >= 4 is 43.0 Å². The number of nitrogens with one attached hydrogen (secondary N) is 1. The van der Waals surface area contributed by atoms with Crippen LogP contribution < -0.4 is 9.03 Å². The topological polar surface area (TPSA) is 83.6 Å². The molecule has 0 aliphatic rings. The zero-order valence-corrected chi connectivity index (χ0v) is 14.8. The summed E-state index contributed by atoms with van der Waals surface area (Å²) in [5.74, 6) is 0. The first-order valence-electron chi connectivity index (χ1n) is 6.42. The lowest BCUT2D eigenvalue weighted by molar-refractivity contribution is 0.594. The number of hydrogen-bond donors (Lipinski definition) is 1. The molecule has 0 saturated carbocycles. The van der Waals surface area contributed by atoms with Crippen molar-refractivity contribution in [2.45, 2.75) is 4.90 Å². The molecule has 0 heterocycles. The monoisotopic (exact) mass is 374 g/mol. The third kappa shape index (κ3) is 4.37. The average Bonchev–Trinajstić information content (AvgIpc) is 2.45. The summed E-state index contributed by atoms with van der Waals surface area (Å²) in [6.45, 7) is 0. The SMILES string of the molecule is CN(c1ccc(NS(C)(=O)=O)cc1)S(=O)(=O)c1cccc(Cl)c1. The predicted octanol–water partition coefficient (Wildman–Crippen LogP) is 2.54. The molecule has 6 nitrogen and oxygen atoms in total. The molecular weight excluding hydrogens is 360 g/mol. The van der Waals surface area contributed by atoms with Gasteiger partial charge in [-0.1, -0.05) is 17.7 Å². The Balaban J connectivity index is 2.31. The highest BCUT2D eigenvalue weighted by Gasteiger charge is 2.21. The molecule has 9 heteroatoms. The van der Waals surface area contributed by atoms with Crippen molar-refractivity contribution in [2.75, 3.05) is 22.3 Å². The molecule has 0 unspecified atom stereocenters. The molecule has 0 bridgehead atoms. The van der Waals surface area contributed by atoms with Crippen molar-refractivity contribution in [3.63, 3.8) is 0 Å². The molecule has 124 valence electrons. The summed E-state index contributed by atoms with van der Waals surface area (Å²) in [7, 11) is -5.72. The molecule has 2 rings (SSSR count). The molecule has 0 fully saturated rings. The Labute approximate surface area is 140 Å². The van der Waals surface area contributed by atoms with Crippen LogP contribution in [0.15, 0.2) is 53.4 Å². The quantitative estimate of drug-likeness (QED) is 0.871. The van der Waals surface area contributed by atoms with Gasteiger partial charge in [0.05, 0.1) is 16.8 Å². The molecule has 0 amide bonds. The molecule has 0 atom stereocenters. The zero-order valence-electron chi connectivity index (χ0n) is 12.4. The molecule has 0 aromatic heterocycles. The van der Waals surface area contributed by atoms with Gasteiger partial charge in [-0.15, -0.1) is 0 Å². The standard InChI is InChI=1S/C14H15ClN2O4S2/c1-17(23(20,21)14-5-3-4-11(15)10-14)13-8-6-12(7-9-13)16-22(2,18)19/h3-10,16H,1-2H3. The van der Waals surface area contributed by atoms with E-state index in [1.54, 1.807) is 12.1 Å². The van der Waals surface area contributed by atoms with Crippen LogP contribution in [0, 0.1) is 0 Å². The van der Waals surface area contributed by atoms with Gasteiger partial charge in [-0.05, 0) is 42.5 Å². The second-order valence-electron chi connectivity index (χ2n) is 4.85. The van der Waals surface area contributed by atoms with Crippen molar-refractivity contribution in [3.8, 4) is 0 Å².